The van der Waals surface area contributed by atoms with Crippen LogP contribution in [0.1, 0.15) is 23.1 Å². The van der Waals surface area contributed by atoms with Crippen LogP contribution in [0.4, 0.5) is 5.69 Å². The van der Waals surface area contributed by atoms with E-state index in [-0.39, 0.29) is 18.4 Å². The van der Waals surface area contributed by atoms with Gasteiger partial charge in [-0.1, -0.05) is 29.8 Å². The molecule has 2 amide bonds. The molecule has 0 radical (unpaired) electrons. The minimum absolute atomic E-state index is 0.0204. The predicted octanol–water partition coefficient (Wildman–Crippen LogP) is 2.41. The molecule has 0 fully saturated rings. The van der Waals surface area contributed by atoms with Gasteiger partial charge in [0.25, 0.3) is 5.91 Å². The number of ether oxygens (including phenoxy) is 1. The minimum atomic E-state index is -0.339. The van der Waals surface area contributed by atoms with Crippen molar-refractivity contribution >= 4 is 23.7 Å². The first-order valence-corrected chi connectivity index (χ1v) is 8.04. The largest absolute Gasteiger partial charge is 0.484 e. The zero-order chi connectivity index (χ0) is 17.6. The summed E-state index contributed by atoms with van der Waals surface area (Å²) in [5, 5.41) is 6.72. The van der Waals surface area contributed by atoms with Crippen LogP contribution in [0.5, 0.6) is 5.75 Å². The Labute approximate surface area is 145 Å². The fourth-order valence-corrected chi connectivity index (χ4v) is 2.46. The normalized spacial score (nSPS) is 13.2. The van der Waals surface area contributed by atoms with Gasteiger partial charge in [0.05, 0.1) is 6.21 Å². The number of fused-ring (bicyclic) bond motifs is 1. The van der Waals surface area contributed by atoms with Gasteiger partial charge in [0.1, 0.15) is 5.75 Å². The number of rotatable bonds is 5. The van der Waals surface area contributed by atoms with E-state index in [0.717, 1.165) is 16.8 Å². The molecule has 0 bridgehead atoms. The predicted molar refractivity (Wildman–Crippen MR) is 95.8 cm³/mol. The number of hydrogen-bond donors (Lipinski definition) is 2. The van der Waals surface area contributed by atoms with Crippen LogP contribution in [0.15, 0.2) is 47.6 Å². The first-order chi connectivity index (χ1) is 12.1. The summed E-state index contributed by atoms with van der Waals surface area (Å²) in [6.45, 7) is 1.88. The van der Waals surface area contributed by atoms with Crippen LogP contribution in [-0.2, 0) is 16.0 Å². The van der Waals surface area contributed by atoms with Gasteiger partial charge in [-0.2, -0.15) is 5.10 Å². The molecule has 128 valence electrons. The molecule has 0 atom stereocenters. The van der Waals surface area contributed by atoms with Gasteiger partial charge in [0.15, 0.2) is 6.61 Å². The number of carbonyl (C=O) groups excluding carboxylic acids is 2. The van der Waals surface area contributed by atoms with Crippen molar-refractivity contribution in [1.82, 2.24) is 5.43 Å². The summed E-state index contributed by atoms with van der Waals surface area (Å²) in [7, 11) is 0. The highest BCUT2D eigenvalue weighted by Gasteiger charge is 2.15. The van der Waals surface area contributed by atoms with Crippen molar-refractivity contribution in [2.24, 2.45) is 5.10 Å². The van der Waals surface area contributed by atoms with Gasteiger partial charge >= 0.3 is 0 Å². The van der Waals surface area contributed by atoms with Crippen LogP contribution in [-0.4, -0.2) is 24.6 Å². The molecule has 1 heterocycles. The van der Waals surface area contributed by atoms with Crippen LogP contribution in [0, 0.1) is 6.92 Å². The van der Waals surface area contributed by atoms with Gasteiger partial charge in [0, 0.05) is 12.1 Å². The van der Waals surface area contributed by atoms with Crippen molar-refractivity contribution in [1.29, 1.82) is 0 Å². The zero-order valence-electron chi connectivity index (χ0n) is 13.9. The smallest absolute Gasteiger partial charge is 0.277 e. The molecular weight excluding hydrogens is 318 g/mol. The molecule has 0 spiro atoms. The molecule has 1 aliphatic heterocycles. The summed E-state index contributed by atoms with van der Waals surface area (Å²) in [5.74, 6) is 0.272. The molecule has 25 heavy (non-hydrogen) atoms. The molecule has 0 saturated carbocycles. The molecule has 0 aromatic heterocycles. The highest BCUT2D eigenvalue weighted by atomic mass is 16.5. The highest BCUT2D eigenvalue weighted by molar-refractivity contribution is 5.94. The van der Waals surface area contributed by atoms with Gasteiger partial charge in [-0.15, -0.1) is 0 Å². The van der Waals surface area contributed by atoms with Crippen LogP contribution >= 0.6 is 0 Å². The summed E-state index contributed by atoms with van der Waals surface area (Å²) >= 11 is 0. The lowest BCUT2D eigenvalue weighted by Gasteiger charge is -2.17. The SMILES string of the molecule is Cc1ccc(/C=N\NC(=O)COc2ccc3c(c2)CCC(=O)N3)cc1. The standard InChI is InChI=1S/C19H19N3O3/c1-13-2-4-14(5-3-13)11-20-22-19(24)12-25-16-7-8-17-15(10-16)6-9-18(23)21-17/h2-5,7-8,10-11H,6,9,12H2,1H3,(H,21,23)(H,22,24)/b20-11-. The Morgan fingerprint density at radius 3 is 2.84 bits per heavy atom. The van der Waals surface area contributed by atoms with Gasteiger partial charge < -0.3 is 10.1 Å². The number of benzene rings is 2. The number of carbonyl (C=O) groups is 2. The number of nitrogens with one attached hydrogen (secondary N) is 2. The Kier molecular flexibility index (Phi) is 5.09. The molecule has 2 aromatic rings. The monoisotopic (exact) mass is 337 g/mol. The molecule has 6 heteroatoms. The summed E-state index contributed by atoms with van der Waals surface area (Å²) in [6.07, 6.45) is 2.72. The third-order valence-electron chi connectivity index (χ3n) is 3.82. The van der Waals surface area contributed by atoms with Gasteiger partial charge in [-0.25, -0.2) is 5.43 Å². The number of aryl methyl sites for hydroxylation is 2. The van der Waals surface area contributed by atoms with E-state index in [1.165, 1.54) is 5.56 Å². The van der Waals surface area contributed by atoms with Gasteiger partial charge in [0.2, 0.25) is 5.91 Å². The molecule has 0 saturated heterocycles. The Morgan fingerprint density at radius 2 is 2.04 bits per heavy atom. The summed E-state index contributed by atoms with van der Waals surface area (Å²) in [5.41, 5.74) is 6.32. The van der Waals surface area contributed by atoms with Crippen LogP contribution in [0.3, 0.4) is 0 Å². The molecule has 2 N–H and O–H groups in total. The third kappa shape index (κ3) is 4.67. The Bertz CT molecular complexity index is 813. The first-order valence-electron chi connectivity index (χ1n) is 8.04. The lowest BCUT2D eigenvalue weighted by atomic mass is 10.0. The van der Waals surface area contributed by atoms with Crippen LogP contribution < -0.4 is 15.5 Å². The molecule has 0 aliphatic carbocycles. The molecule has 3 rings (SSSR count). The maximum absolute atomic E-state index is 11.8. The number of hydrogen-bond acceptors (Lipinski definition) is 4. The van der Waals surface area contributed by atoms with Crippen molar-refractivity contribution in [2.45, 2.75) is 19.8 Å². The van der Waals surface area contributed by atoms with Crippen molar-refractivity contribution in [3.63, 3.8) is 0 Å². The van der Waals surface area contributed by atoms with Crippen LogP contribution in [0.25, 0.3) is 0 Å². The maximum Gasteiger partial charge on any atom is 0.277 e. The van der Waals surface area contributed by atoms with E-state index < -0.39 is 0 Å². The van der Waals surface area contributed by atoms with E-state index in [2.05, 4.69) is 15.8 Å². The average molecular weight is 337 g/mol. The number of anilines is 1. The number of amides is 2. The fraction of sp³-hybridized carbons (Fsp3) is 0.211. The van der Waals surface area contributed by atoms with E-state index in [1.54, 1.807) is 18.3 Å². The quantitative estimate of drug-likeness (QED) is 0.649. The third-order valence-corrected chi connectivity index (χ3v) is 3.82. The lowest BCUT2D eigenvalue weighted by molar-refractivity contribution is -0.123. The second-order valence-corrected chi connectivity index (χ2v) is 5.86. The fourth-order valence-electron chi connectivity index (χ4n) is 2.46. The lowest BCUT2D eigenvalue weighted by Crippen LogP contribution is -2.24. The van der Waals surface area contributed by atoms with Crippen LogP contribution in [0.2, 0.25) is 0 Å². The molecule has 0 unspecified atom stereocenters. The van der Waals surface area contributed by atoms with E-state index in [1.807, 2.05) is 37.3 Å². The maximum atomic E-state index is 11.8. The Balaban J connectivity index is 1.49. The van der Waals surface area contributed by atoms with Crippen molar-refractivity contribution in [3.05, 3.63) is 59.2 Å². The number of hydrazone groups is 1. The van der Waals surface area contributed by atoms with E-state index >= 15 is 0 Å². The second kappa shape index (κ2) is 7.61. The average Bonchev–Trinajstić information content (AvgIpc) is 2.61. The van der Waals surface area contributed by atoms with Crippen molar-refractivity contribution in [2.75, 3.05) is 11.9 Å². The van der Waals surface area contributed by atoms with Crippen molar-refractivity contribution < 1.29 is 14.3 Å². The number of nitrogens with zero attached hydrogens (tertiary/aromatic N) is 1. The molecule has 2 aromatic carbocycles. The Hall–Kier alpha value is -3.15. The summed E-state index contributed by atoms with van der Waals surface area (Å²) in [4.78, 5) is 23.1. The van der Waals surface area contributed by atoms with E-state index in [0.29, 0.717) is 18.6 Å². The zero-order valence-corrected chi connectivity index (χ0v) is 13.9. The van der Waals surface area contributed by atoms with E-state index in [4.69, 9.17) is 4.74 Å². The molecule has 1 aliphatic rings. The minimum Gasteiger partial charge on any atom is -0.484 e. The van der Waals surface area contributed by atoms with Gasteiger partial charge in [-0.3, -0.25) is 9.59 Å². The Morgan fingerprint density at radius 1 is 1.24 bits per heavy atom. The molecular formula is C19H19N3O3. The van der Waals surface area contributed by atoms with Gasteiger partial charge in [-0.05, 0) is 42.7 Å². The van der Waals surface area contributed by atoms with Crippen molar-refractivity contribution in [3.8, 4) is 5.75 Å². The highest BCUT2D eigenvalue weighted by Crippen LogP contribution is 2.26. The summed E-state index contributed by atoms with van der Waals surface area (Å²) in [6, 6.07) is 13.2. The summed E-state index contributed by atoms with van der Waals surface area (Å²) < 4.78 is 5.48. The topological polar surface area (TPSA) is 79.8 Å². The first kappa shape index (κ1) is 16.7. The van der Waals surface area contributed by atoms with E-state index in [9.17, 15) is 9.59 Å². The molecule has 6 nitrogen and oxygen atoms in total. The second-order valence-electron chi connectivity index (χ2n) is 5.86.